The molecule has 0 spiro atoms. The lowest BCUT2D eigenvalue weighted by Gasteiger charge is -2.17. The Morgan fingerprint density at radius 1 is 1.10 bits per heavy atom. The zero-order valence-electron chi connectivity index (χ0n) is 17.1. The van der Waals surface area contributed by atoms with Crippen LogP contribution in [0.4, 0.5) is 0 Å². The van der Waals surface area contributed by atoms with Crippen LogP contribution in [0.3, 0.4) is 0 Å². The van der Waals surface area contributed by atoms with Gasteiger partial charge in [0.1, 0.15) is 5.56 Å². The number of benzene rings is 1. The number of carbonyl (C=O) groups is 1. The van der Waals surface area contributed by atoms with Gasteiger partial charge in [0.05, 0.1) is 6.54 Å². The largest absolute Gasteiger partial charge is 0.348 e. The van der Waals surface area contributed by atoms with Gasteiger partial charge in [-0.05, 0) is 42.2 Å². The average Bonchev–Trinajstić information content (AvgIpc) is 3.18. The molecule has 3 aromatic rings. The van der Waals surface area contributed by atoms with Crippen LogP contribution >= 0.6 is 0 Å². The Hall–Kier alpha value is -3.25. The van der Waals surface area contributed by atoms with Gasteiger partial charge in [-0.15, -0.1) is 0 Å². The minimum Gasteiger partial charge on any atom is -0.348 e. The lowest BCUT2D eigenvalue weighted by Crippen LogP contribution is -2.41. The van der Waals surface area contributed by atoms with E-state index in [-0.39, 0.29) is 23.1 Å². The second kappa shape index (κ2) is 9.05. The molecule has 0 saturated carbocycles. The van der Waals surface area contributed by atoms with Gasteiger partial charge >= 0.3 is 0 Å². The van der Waals surface area contributed by atoms with Crippen LogP contribution in [0.1, 0.15) is 33.5 Å². The summed E-state index contributed by atoms with van der Waals surface area (Å²) in [4.78, 5) is 32.4. The average molecular weight is 402 g/mol. The van der Waals surface area contributed by atoms with Crippen LogP contribution in [-0.4, -0.2) is 39.5 Å². The molecule has 30 heavy (non-hydrogen) atoms. The van der Waals surface area contributed by atoms with Crippen molar-refractivity contribution in [2.75, 3.05) is 13.1 Å². The van der Waals surface area contributed by atoms with Crippen LogP contribution in [0.5, 0.6) is 0 Å². The molecular weight excluding hydrogens is 376 g/mol. The standard InChI is InChI=1S/C24H26N4O2/c1-18-9-13-28(16-20-8-5-11-25-14-20)24(30)22(18)23(29)26-21-10-12-27(17-21)15-19-6-3-2-4-7-19/h2-9,11,13-14,21H,10,12,15-17H2,1H3,(H,26,29). The summed E-state index contributed by atoms with van der Waals surface area (Å²) in [6.07, 6.45) is 6.04. The van der Waals surface area contributed by atoms with E-state index in [0.29, 0.717) is 12.1 Å². The predicted molar refractivity (Wildman–Crippen MR) is 116 cm³/mol. The zero-order chi connectivity index (χ0) is 20.9. The molecule has 1 saturated heterocycles. The Morgan fingerprint density at radius 3 is 2.67 bits per heavy atom. The number of amides is 1. The van der Waals surface area contributed by atoms with Crippen LogP contribution in [0.25, 0.3) is 0 Å². The molecule has 1 aliphatic rings. The van der Waals surface area contributed by atoms with E-state index in [1.165, 1.54) is 5.56 Å². The Morgan fingerprint density at radius 2 is 1.90 bits per heavy atom. The van der Waals surface area contributed by atoms with Crippen molar-refractivity contribution < 1.29 is 4.79 Å². The topological polar surface area (TPSA) is 67.2 Å². The third kappa shape index (κ3) is 4.66. The highest BCUT2D eigenvalue weighted by molar-refractivity contribution is 5.95. The van der Waals surface area contributed by atoms with E-state index in [4.69, 9.17) is 0 Å². The van der Waals surface area contributed by atoms with Crippen molar-refractivity contribution in [2.45, 2.75) is 32.5 Å². The first-order valence-corrected chi connectivity index (χ1v) is 10.3. The molecule has 6 heteroatoms. The second-order valence-corrected chi connectivity index (χ2v) is 7.85. The number of carbonyl (C=O) groups excluding carboxylic acids is 1. The number of pyridine rings is 2. The molecule has 1 aromatic carbocycles. The van der Waals surface area contributed by atoms with E-state index in [1.807, 2.05) is 36.4 Å². The quantitative estimate of drug-likeness (QED) is 0.688. The number of rotatable bonds is 6. The fraction of sp³-hybridized carbons (Fsp3) is 0.292. The van der Waals surface area contributed by atoms with Crippen molar-refractivity contribution in [1.82, 2.24) is 19.8 Å². The zero-order valence-corrected chi connectivity index (χ0v) is 17.1. The maximum absolute atomic E-state index is 13.0. The van der Waals surface area contributed by atoms with Gasteiger partial charge in [0.2, 0.25) is 0 Å². The molecule has 1 N–H and O–H groups in total. The molecule has 0 radical (unpaired) electrons. The summed E-state index contributed by atoms with van der Waals surface area (Å²) in [6, 6.07) is 15.9. The van der Waals surface area contributed by atoms with Crippen LogP contribution in [0.2, 0.25) is 0 Å². The molecule has 0 aliphatic carbocycles. The summed E-state index contributed by atoms with van der Waals surface area (Å²) in [5.74, 6) is -0.287. The summed E-state index contributed by atoms with van der Waals surface area (Å²) in [7, 11) is 0. The number of hydrogen-bond acceptors (Lipinski definition) is 4. The number of likely N-dealkylation sites (tertiary alicyclic amines) is 1. The van der Waals surface area contributed by atoms with Gasteiger partial charge in [0.25, 0.3) is 11.5 Å². The van der Waals surface area contributed by atoms with Crippen molar-refractivity contribution in [2.24, 2.45) is 0 Å². The van der Waals surface area contributed by atoms with Crippen molar-refractivity contribution in [3.63, 3.8) is 0 Å². The molecule has 6 nitrogen and oxygen atoms in total. The first kappa shape index (κ1) is 20.0. The summed E-state index contributed by atoms with van der Waals surface area (Å²) in [6.45, 7) is 4.79. The highest BCUT2D eigenvalue weighted by Crippen LogP contribution is 2.14. The number of nitrogens with one attached hydrogen (secondary N) is 1. The molecule has 3 heterocycles. The van der Waals surface area contributed by atoms with Gasteiger partial charge in [-0.25, -0.2) is 0 Å². The van der Waals surface area contributed by atoms with E-state index in [0.717, 1.165) is 31.6 Å². The number of aryl methyl sites for hydroxylation is 1. The van der Waals surface area contributed by atoms with Crippen molar-refractivity contribution in [1.29, 1.82) is 0 Å². The molecule has 2 aromatic heterocycles. The first-order chi connectivity index (χ1) is 14.6. The lowest BCUT2D eigenvalue weighted by atomic mass is 10.1. The highest BCUT2D eigenvalue weighted by atomic mass is 16.2. The van der Waals surface area contributed by atoms with Crippen LogP contribution in [-0.2, 0) is 13.1 Å². The van der Waals surface area contributed by atoms with Crippen molar-refractivity contribution in [3.05, 3.63) is 99.7 Å². The van der Waals surface area contributed by atoms with Crippen LogP contribution < -0.4 is 10.9 Å². The third-order valence-corrected chi connectivity index (χ3v) is 5.53. The molecular formula is C24H26N4O2. The summed E-state index contributed by atoms with van der Waals surface area (Å²) < 4.78 is 1.56. The van der Waals surface area contributed by atoms with E-state index >= 15 is 0 Å². The maximum Gasteiger partial charge on any atom is 0.263 e. The Kier molecular flexibility index (Phi) is 6.05. The highest BCUT2D eigenvalue weighted by Gasteiger charge is 2.26. The second-order valence-electron chi connectivity index (χ2n) is 7.85. The third-order valence-electron chi connectivity index (χ3n) is 5.53. The van der Waals surface area contributed by atoms with Gasteiger partial charge < -0.3 is 9.88 Å². The number of aromatic nitrogens is 2. The first-order valence-electron chi connectivity index (χ1n) is 10.3. The summed E-state index contributed by atoms with van der Waals surface area (Å²) >= 11 is 0. The van der Waals surface area contributed by atoms with Crippen molar-refractivity contribution in [3.8, 4) is 0 Å². The summed E-state index contributed by atoms with van der Waals surface area (Å²) in [5.41, 5.74) is 2.83. The molecule has 1 fully saturated rings. The molecule has 1 unspecified atom stereocenters. The van der Waals surface area contributed by atoms with Gasteiger partial charge in [0, 0.05) is 44.3 Å². The van der Waals surface area contributed by atoms with Gasteiger partial charge in [-0.3, -0.25) is 19.5 Å². The fourth-order valence-electron chi connectivity index (χ4n) is 3.95. The van der Waals surface area contributed by atoms with E-state index in [9.17, 15) is 9.59 Å². The maximum atomic E-state index is 13.0. The Labute approximate surface area is 176 Å². The summed E-state index contributed by atoms with van der Waals surface area (Å²) in [5, 5.41) is 3.08. The molecule has 0 bridgehead atoms. The van der Waals surface area contributed by atoms with Gasteiger partial charge in [-0.2, -0.15) is 0 Å². The monoisotopic (exact) mass is 402 g/mol. The van der Waals surface area contributed by atoms with Gasteiger partial charge in [0.15, 0.2) is 0 Å². The Balaban J connectivity index is 1.43. The number of nitrogens with zero attached hydrogens (tertiary/aromatic N) is 3. The van der Waals surface area contributed by atoms with E-state index < -0.39 is 0 Å². The van der Waals surface area contributed by atoms with Crippen LogP contribution in [0.15, 0.2) is 71.9 Å². The molecule has 1 atom stereocenters. The lowest BCUT2D eigenvalue weighted by molar-refractivity contribution is 0.0935. The molecule has 154 valence electrons. The van der Waals surface area contributed by atoms with Crippen LogP contribution in [0, 0.1) is 6.92 Å². The SMILES string of the molecule is Cc1ccn(Cc2cccnc2)c(=O)c1C(=O)NC1CCN(Cc2ccccc2)C1. The van der Waals surface area contributed by atoms with E-state index in [1.54, 1.807) is 30.1 Å². The van der Waals surface area contributed by atoms with E-state index in [2.05, 4.69) is 27.3 Å². The molecule has 1 aliphatic heterocycles. The normalized spacial score (nSPS) is 16.5. The Bertz CT molecular complexity index is 1060. The fourth-order valence-corrected chi connectivity index (χ4v) is 3.95. The smallest absolute Gasteiger partial charge is 0.263 e. The van der Waals surface area contributed by atoms with Gasteiger partial charge in [-0.1, -0.05) is 36.4 Å². The minimum absolute atomic E-state index is 0.0481. The number of hydrogen-bond donors (Lipinski definition) is 1. The molecule has 1 amide bonds. The predicted octanol–water partition coefficient (Wildman–Crippen LogP) is 2.60. The molecule has 4 rings (SSSR count). The van der Waals surface area contributed by atoms with Crippen molar-refractivity contribution >= 4 is 5.91 Å². The minimum atomic E-state index is -0.287.